The molecule has 0 bridgehead atoms. The number of aromatic nitrogens is 2. The molecule has 0 saturated carbocycles. The van der Waals surface area contributed by atoms with Crippen LogP contribution in [0.4, 0.5) is 5.69 Å². The first-order chi connectivity index (χ1) is 14.7. The Morgan fingerprint density at radius 1 is 0.900 bits per heavy atom. The Kier molecular flexibility index (Phi) is 5.95. The monoisotopic (exact) mass is 415 g/mol. The average Bonchev–Trinajstić information content (AvgIpc) is 2.80. The molecule has 0 unspecified atom stereocenters. The molecule has 3 aromatic carbocycles. The zero-order valence-corrected chi connectivity index (χ0v) is 17.5. The summed E-state index contributed by atoms with van der Waals surface area (Å²) >= 11 is 1.39. The lowest BCUT2D eigenvalue weighted by molar-refractivity contribution is -0.115. The highest BCUT2D eigenvalue weighted by Crippen LogP contribution is 2.34. The van der Waals surface area contributed by atoms with Gasteiger partial charge in [-0.3, -0.25) is 4.79 Å². The van der Waals surface area contributed by atoms with Crippen LogP contribution in [0.3, 0.4) is 0 Å². The molecule has 1 aromatic heterocycles. The van der Waals surface area contributed by atoms with Gasteiger partial charge in [0.25, 0.3) is 0 Å². The van der Waals surface area contributed by atoms with Gasteiger partial charge in [0.05, 0.1) is 18.0 Å². The number of nitrogens with zero attached hydrogens (tertiary/aromatic N) is 2. The van der Waals surface area contributed by atoms with Crippen molar-refractivity contribution in [2.24, 2.45) is 0 Å². The van der Waals surface area contributed by atoms with E-state index in [4.69, 9.17) is 4.74 Å². The van der Waals surface area contributed by atoms with Crippen molar-refractivity contribution in [2.75, 3.05) is 12.4 Å². The molecule has 1 N–H and O–H groups in total. The van der Waals surface area contributed by atoms with Crippen LogP contribution in [0.5, 0.6) is 5.75 Å². The van der Waals surface area contributed by atoms with Crippen molar-refractivity contribution >= 4 is 34.1 Å². The van der Waals surface area contributed by atoms with Gasteiger partial charge in [-0.1, -0.05) is 78.5 Å². The minimum atomic E-state index is -0.366. The normalized spacial score (nSPS) is 11.8. The molecule has 150 valence electrons. The smallest absolute Gasteiger partial charge is 0.237 e. The van der Waals surface area contributed by atoms with E-state index in [0.717, 1.165) is 27.1 Å². The number of anilines is 1. The third-order valence-corrected chi connectivity index (χ3v) is 5.82. The SMILES string of the molecule is COc1ccccc1NC(=O)[C@H](C)Sc1nnc(-c2ccccc2)c2ccccc12. The Hall–Kier alpha value is -3.38. The standard InChI is InChI=1S/C24H21N3O2S/c1-16(23(28)25-20-14-8-9-15-21(20)29-2)30-24-19-13-7-6-12-18(19)22(26-27-24)17-10-4-3-5-11-17/h3-16H,1-2H3,(H,25,28)/t16-/m0/s1. The predicted molar refractivity (Wildman–Crippen MR) is 122 cm³/mol. The van der Waals surface area contributed by atoms with Crippen molar-refractivity contribution in [3.63, 3.8) is 0 Å². The number of nitrogens with one attached hydrogen (secondary N) is 1. The minimum Gasteiger partial charge on any atom is -0.495 e. The van der Waals surface area contributed by atoms with E-state index in [0.29, 0.717) is 11.4 Å². The number of rotatable bonds is 6. The summed E-state index contributed by atoms with van der Waals surface area (Å²) in [4.78, 5) is 12.8. The summed E-state index contributed by atoms with van der Waals surface area (Å²) in [7, 11) is 1.58. The minimum absolute atomic E-state index is 0.123. The first-order valence-electron chi connectivity index (χ1n) is 9.58. The number of thioether (sulfide) groups is 1. The van der Waals surface area contributed by atoms with E-state index in [1.807, 2.05) is 85.8 Å². The van der Waals surface area contributed by atoms with Crippen molar-refractivity contribution < 1.29 is 9.53 Å². The van der Waals surface area contributed by atoms with Crippen LogP contribution in [-0.4, -0.2) is 28.5 Å². The van der Waals surface area contributed by atoms with Gasteiger partial charge in [0.2, 0.25) is 5.91 Å². The topological polar surface area (TPSA) is 64.1 Å². The van der Waals surface area contributed by atoms with E-state index in [1.54, 1.807) is 7.11 Å². The van der Waals surface area contributed by atoms with Crippen LogP contribution in [0.1, 0.15) is 6.92 Å². The van der Waals surface area contributed by atoms with Gasteiger partial charge in [-0.2, -0.15) is 0 Å². The highest BCUT2D eigenvalue weighted by atomic mass is 32.2. The molecule has 1 heterocycles. The Bertz CT molecular complexity index is 1180. The second-order valence-corrected chi connectivity index (χ2v) is 8.04. The quantitative estimate of drug-likeness (QED) is 0.426. The lowest BCUT2D eigenvalue weighted by Gasteiger charge is -2.15. The number of carbonyl (C=O) groups excluding carboxylic acids is 1. The molecular weight excluding hydrogens is 394 g/mol. The molecule has 0 aliphatic rings. The van der Waals surface area contributed by atoms with Crippen LogP contribution < -0.4 is 10.1 Å². The fourth-order valence-electron chi connectivity index (χ4n) is 3.18. The van der Waals surface area contributed by atoms with E-state index in [2.05, 4.69) is 15.5 Å². The summed E-state index contributed by atoms with van der Waals surface area (Å²) in [5.74, 6) is 0.503. The number of benzene rings is 3. The zero-order chi connectivity index (χ0) is 20.9. The van der Waals surface area contributed by atoms with Crippen molar-refractivity contribution in [3.8, 4) is 17.0 Å². The molecule has 0 spiro atoms. The van der Waals surface area contributed by atoms with Crippen LogP contribution in [0.15, 0.2) is 83.9 Å². The summed E-state index contributed by atoms with van der Waals surface area (Å²) in [6, 6.07) is 25.4. The van der Waals surface area contributed by atoms with Crippen molar-refractivity contribution in [2.45, 2.75) is 17.2 Å². The molecule has 0 fully saturated rings. The summed E-state index contributed by atoms with van der Waals surface area (Å²) in [6.45, 7) is 1.86. The van der Waals surface area contributed by atoms with Crippen molar-refractivity contribution in [1.29, 1.82) is 0 Å². The summed E-state index contributed by atoms with van der Waals surface area (Å²) in [5, 5.41) is 14.2. The van der Waals surface area contributed by atoms with Crippen LogP contribution in [0.2, 0.25) is 0 Å². The van der Waals surface area contributed by atoms with Gasteiger partial charge in [0.1, 0.15) is 16.5 Å². The Balaban J connectivity index is 1.60. The number of hydrogen-bond acceptors (Lipinski definition) is 5. The maximum Gasteiger partial charge on any atom is 0.237 e. The van der Waals surface area contributed by atoms with Crippen LogP contribution >= 0.6 is 11.8 Å². The molecule has 6 heteroatoms. The molecule has 0 saturated heterocycles. The number of carbonyl (C=O) groups is 1. The molecule has 1 amide bonds. The van der Waals surface area contributed by atoms with Gasteiger partial charge in [-0.05, 0) is 19.1 Å². The molecule has 0 aliphatic carbocycles. The number of para-hydroxylation sites is 2. The highest BCUT2D eigenvalue weighted by molar-refractivity contribution is 8.00. The number of fused-ring (bicyclic) bond motifs is 1. The van der Waals surface area contributed by atoms with Crippen LogP contribution in [0, 0.1) is 0 Å². The van der Waals surface area contributed by atoms with E-state index < -0.39 is 0 Å². The third-order valence-electron chi connectivity index (χ3n) is 4.72. The van der Waals surface area contributed by atoms with Gasteiger partial charge in [0.15, 0.2) is 0 Å². The van der Waals surface area contributed by atoms with Crippen LogP contribution in [0.25, 0.3) is 22.0 Å². The van der Waals surface area contributed by atoms with E-state index in [1.165, 1.54) is 11.8 Å². The maximum atomic E-state index is 12.8. The number of methoxy groups -OCH3 is 1. The fraction of sp³-hybridized carbons (Fsp3) is 0.125. The summed E-state index contributed by atoms with van der Waals surface area (Å²) in [5.41, 5.74) is 2.49. The molecule has 0 radical (unpaired) electrons. The molecule has 4 rings (SSSR count). The van der Waals surface area contributed by atoms with Crippen molar-refractivity contribution in [1.82, 2.24) is 10.2 Å². The van der Waals surface area contributed by atoms with Crippen molar-refractivity contribution in [3.05, 3.63) is 78.9 Å². The Labute approximate surface area is 179 Å². The number of hydrogen-bond donors (Lipinski definition) is 1. The largest absolute Gasteiger partial charge is 0.495 e. The average molecular weight is 416 g/mol. The van der Waals surface area contributed by atoms with Crippen LogP contribution in [-0.2, 0) is 4.79 Å². The van der Waals surface area contributed by atoms with Gasteiger partial charge in [-0.15, -0.1) is 10.2 Å². The first-order valence-corrected chi connectivity index (χ1v) is 10.5. The Morgan fingerprint density at radius 3 is 2.33 bits per heavy atom. The molecule has 30 heavy (non-hydrogen) atoms. The fourth-order valence-corrected chi connectivity index (χ4v) is 4.07. The van der Waals surface area contributed by atoms with E-state index in [-0.39, 0.29) is 11.2 Å². The predicted octanol–water partition coefficient (Wildman–Crippen LogP) is 5.42. The van der Waals surface area contributed by atoms with E-state index >= 15 is 0 Å². The van der Waals surface area contributed by atoms with Gasteiger partial charge < -0.3 is 10.1 Å². The molecular formula is C24H21N3O2S. The molecule has 4 aromatic rings. The number of amides is 1. The molecule has 5 nitrogen and oxygen atoms in total. The molecule has 1 atom stereocenters. The summed E-state index contributed by atoms with van der Waals surface area (Å²) < 4.78 is 5.31. The summed E-state index contributed by atoms with van der Waals surface area (Å²) in [6.07, 6.45) is 0. The molecule has 0 aliphatic heterocycles. The number of ether oxygens (including phenoxy) is 1. The zero-order valence-electron chi connectivity index (χ0n) is 16.7. The van der Waals surface area contributed by atoms with E-state index in [9.17, 15) is 4.79 Å². The second kappa shape index (κ2) is 8.97. The lowest BCUT2D eigenvalue weighted by atomic mass is 10.1. The second-order valence-electron chi connectivity index (χ2n) is 6.71. The van der Waals surface area contributed by atoms with Gasteiger partial charge in [-0.25, -0.2) is 0 Å². The highest BCUT2D eigenvalue weighted by Gasteiger charge is 2.19. The Morgan fingerprint density at radius 2 is 1.57 bits per heavy atom. The third kappa shape index (κ3) is 4.14. The van der Waals surface area contributed by atoms with Gasteiger partial charge >= 0.3 is 0 Å². The lowest BCUT2D eigenvalue weighted by Crippen LogP contribution is -2.22. The first kappa shape index (κ1) is 19.9. The van der Waals surface area contributed by atoms with Gasteiger partial charge in [0, 0.05) is 16.3 Å². The maximum absolute atomic E-state index is 12.8.